The number of piperidine rings is 1. The summed E-state index contributed by atoms with van der Waals surface area (Å²) in [7, 11) is 0. The smallest absolute Gasteiger partial charge is 0.259 e. The third-order valence-electron chi connectivity index (χ3n) is 5.50. The Bertz CT molecular complexity index is 1020. The number of aromatic nitrogens is 2. The lowest BCUT2D eigenvalue weighted by Crippen LogP contribution is -2.29. The maximum absolute atomic E-state index is 13.2. The SMILES string of the molecule is Cc1ccc(-n2ncc(C(=O)Nc3cc(Cl)ccc3C)c2C2CCNCC2)cc1.Cl. The Morgan fingerprint density at radius 3 is 2.53 bits per heavy atom. The topological polar surface area (TPSA) is 59.0 Å². The molecule has 30 heavy (non-hydrogen) atoms. The van der Waals surface area contributed by atoms with Crippen molar-refractivity contribution in [2.45, 2.75) is 32.6 Å². The molecule has 3 aromatic rings. The molecule has 1 fully saturated rings. The van der Waals surface area contributed by atoms with E-state index in [9.17, 15) is 4.79 Å². The predicted octanol–water partition coefficient (Wildman–Crippen LogP) is 5.28. The van der Waals surface area contributed by atoms with Crippen molar-refractivity contribution in [1.29, 1.82) is 0 Å². The van der Waals surface area contributed by atoms with Gasteiger partial charge in [-0.3, -0.25) is 4.79 Å². The molecule has 1 aliphatic rings. The first-order chi connectivity index (χ1) is 14.0. The first kappa shape index (κ1) is 22.3. The summed E-state index contributed by atoms with van der Waals surface area (Å²) in [4.78, 5) is 13.2. The minimum atomic E-state index is -0.151. The Morgan fingerprint density at radius 2 is 1.83 bits per heavy atom. The van der Waals surface area contributed by atoms with Gasteiger partial charge in [0.05, 0.1) is 23.1 Å². The zero-order valence-corrected chi connectivity index (χ0v) is 18.7. The fraction of sp³-hybridized carbons (Fsp3) is 0.304. The number of carbonyl (C=O) groups excluding carboxylic acids is 1. The molecule has 2 heterocycles. The van der Waals surface area contributed by atoms with Crippen molar-refractivity contribution in [3.63, 3.8) is 0 Å². The van der Waals surface area contributed by atoms with Gasteiger partial charge in [-0.05, 0) is 69.6 Å². The molecule has 4 rings (SSSR count). The molecule has 0 radical (unpaired) electrons. The van der Waals surface area contributed by atoms with E-state index in [4.69, 9.17) is 11.6 Å². The number of aryl methyl sites for hydroxylation is 2. The number of anilines is 1. The number of amides is 1. The monoisotopic (exact) mass is 444 g/mol. The van der Waals surface area contributed by atoms with Crippen molar-refractivity contribution in [2.24, 2.45) is 0 Å². The molecule has 1 aromatic heterocycles. The number of rotatable bonds is 4. The van der Waals surface area contributed by atoms with Gasteiger partial charge >= 0.3 is 0 Å². The molecular weight excluding hydrogens is 419 g/mol. The number of nitrogens with one attached hydrogen (secondary N) is 2. The van der Waals surface area contributed by atoms with E-state index in [0.717, 1.165) is 48.6 Å². The minimum Gasteiger partial charge on any atom is -0.322 e. The second-order valence-electron chi connectivity index (χ2n) is 7.63. The van der Waals surface area contributed by atoms with Crippen LogP contribution in [0.1, 0.15) is 45.9 Å². The fourth-order valence-electron chi connectivity index (χ4n) is 3.83. The van der Waals surface area contributed by atoms with Gasteiger partial charge in [0, 0.05) is 16.6 Å². The van der Waals surface area contributed by atoms with Crippen LogP contribution in [-0.2, 0) is 0 Å². The third kappa shape index (κ3) is 4.69. The van der Waals surface area contributed by atoms with Crippen LogP contribution in [0.5, 0.6) is 0 Å². The van der Waals surface area contributed by atoms with E-state index in [1.807, 2.05) is 23.7 Å². The molecule has 5 nitrogen and oxygen atoms in total. The lowest BCUT2D eigenvalue weighted by atomic mass is 9.91. The number of hydrogen-bond acceptors (Lipinski definition) is 3. The van der Waals surface area contributed by atoms with Crippen LogP contribution >= 0.6 is 24.0 Å². The normalized spacial score (nSPS) is 14.2. The van der Waals surface area contributed by atoms with Crippen LogP contribution in [0.25, 0.3) is 5.69 Å². The summed E-state index contributed by atoms with van der Waals surface area (Å²) < 4.78 is 1.93. The lowest BCUT2D eigenvalue weighted by molar-refractivity contribution is 0.102. The maximum atomic E-state index is 13.2. The number of benzene rings is 2. The van der Waals surface area contributed by atoms with Gasteiger partial charge in [0.1, 0.15) is 0 Å². The van der Waals surface area contributed by atoms with E-state index in [1.165, 1.54) is 5.56 Å². The van der Waals surface area contributed by atoms with Crippen molar-refractivity contribution in [3.8, 4) is 5.69 Å². The highest BCUT2D eigenvalue weighted by atomic mass is 35.5. The summed E-state index contributed by atoms with van der Waals surface area (Å²) in [6.45, 7) is 5.90. The summed E-state index contributed by atoms with van der Waals surface area (Å²) in [5.41, 5.74) is 5.46. The summed E-state index contributed by atoms with van der Waals surface area (Å²) in [6.07, 6.45) is 3.65. The number of halogens is 2. The summed E-state index contributed by atoms with van der Waals surface area (Å²) >= 11 is 6.12. The Morgan fingerprint density at radius 1 is 1.13 bits per heavy atom. The highest BCUT2D eigenvalue weighted by Crippen LogP contribution is 2.31. The van der Waals surface area contributed by atoms with E-state index in [1.54, 1.807) is 12.3 Å². The Balaban J connectivity index is 0.00000256. The third-order valence-corrected chi connectivity index (χ3v) is 5.74. The molecule has 0 atom stereocenters. The van der Waals surface area contributed by atoms with E-state index in [2.05, 4.69) is 46.9 Å². The molecule has 7 heteroatoms. The van der Waals surface area contributed by atoms with Gasteiger partial charge in [0.25, 0.3) is 5.91 Å². The summed E-state index contributed by atoms with van der Waals surface area (Å²) in [5, 5.41) is 11.6. The Labute approximate surface area is 188 Å². The van der Waals surface area contributed by atoms with Crippen molar-refractivity contribution in [2.75, 3.05) is 18.4 Å². The second-order valence-corrected chi connectivity index (χ2v) is 8.06. The van der Waals surface area contributed by atoms with E-state index < -0.39 is 0 Å². The standard InChI is InChI=1S/C23H25ClN4O.ClH/c1-15-3-7-19(8-4-15)28-22(17-9-11-25-12-10-17)20(14-26-28)23(29)27-21-13-18(24)6-5-16(21)2;/h3-8,13-14,17,25H,9-12H2,1-2H3,(H,27,29);1H. The number of hydrogen-bond donors (Lipinski definition) is 2. The molecular formula is C23H26Cl2N4O. The van der Waals surface area contributed by atoms with Crippen LogP contribution in [0, 0.1) is 13.8 Å². The number of nitrogens with zero attached hydrogens (tertiary/aromatic N) is 2. The van der Waals surface area contributed by atoms with E-state index in [0.29, 0.717) is 10.6 Å². The molecule has 0 bridgehead atoms. The van der Waals surface area contributed by atoms with Crippen LogP contribution in [0.3, 0.4) is 0 Å². The zero-order chi connectivity index (χ0) is 20.4. The van der Waals surface area contributed by atoms with Crippen LogP contribution < -0.4 is 10.6 Å². The molecule has 158 valence electrons. The Kier molecular flexibility index (Phi) is 7.19. The van der Waals surface area contributed by atoms with E-state index >= 15 is 0 Å². The maximum Gasteiger partial charge on any atom is 0.259 e. The highest BCUT2D eigenvalue weighted by Gasteiger charge is 2.27. The quantitative estimate of drug-likeness (QED) is 0.574. The van der Waals surface area contributed by atoms with Crippen molar-refractivity contribution in [3.05, 3.63) is 76.1 Å². The lowest BCUT2D eigenvalue weighted by Gasteiger charge is -2.25. The van der Waals surface area contributed by atoms with Gasteiger partial charge in [-0.2, -0.15) is 5.10 Å². The Hall–Kier alpha value is -2.34. The van der Waals surface area contributed by atoms with Crippen LogP contribution in [-0.4, -0.2) is 28.8 Å². The molecule has 1 aliphatic heterocycles. The molecule has 0 aliphatic carbocycles. The zero-order valence-electron chi connectivity index (χ0n) is 17.1. The second kappa shape index (κ2) is 9.65. The van der Waals surface area contributed by atoms with Gasteiger partial charge in [-0.25, -0.2) is 4.68 Å². The molecule has 2 aromatic carbocycles. The fourth-order valence-corrected chi connectivity index (χ4v) is 4.00. The van der Waals surface area contributed by atoms with Crippen LogP contribution in [0.2, 0.25) is 5.02 Å². The molecule has 1 amide bonds. The summed E-state index contributed by atoms with van der Waals surface area (Å²) in [5.74, 6) is 0.128. The minimum absolute atomic E-state index is 0. The first-order valence-corrected chi connectivity index (χ1v) is 10.3. The first-order valence-electron chi connectivity index (χ1n) is 9.96. The van der Waals surface area contributed by atoms with E-state index in [-0.39, 0.29) is 24.2 Å². The molecule has 2 N–H and O–H groups in total. The molecule has 1 saturated heterocycles. The van der Waals surface area contributed by atoms with Crippen LogP contribution in [0.4, 0.5) is 5.69 Å². The van der Waals surface area contributed by atoms with Crippen LogP contribution in [0.15, 0.2) is 48.7 Å². The molecule has 0 unspecified atom stereocenters. The van der Waals surface area contributed by atoms with Gasteiger partial charge in [0.15, 0.2) is 0 Å². The number of carbonyl (C=O) groups is 1. The summed E-state index contributed by atoms with van der Waals surface area (Å²) in [6, 6.07) is 13.7. The van der Waals surface area contributed by atoms with Gasteiger partial charge in [0.2, 0.25) is 0 Å². The average molecular weight is 445 g/mol. The van der Waals surface area contributed by atoms with Gasteiger partial charge in [-0.15, -0.1) is 12.4 Å². The van der Waals surface area contributed by atoms with Crippen molar-refractivity contribution < 1.29 is 4.79 Å². The largest absolute Gasteiger partial charge is 0.322 e. The molecule has 0 spiro atoms. The highest BCUT2D eigenvalue weighted by molar-refractivity contribution is 6.31. The van der Waals surface area contributed by atoms with Crippen molar-refractivity contribution >= 4 is 35.6 Å². The average Bonchev–Trinajstić information content (AvgIpc) is 3.17. The predicted molar refractivity (Wildman–Crippen MR) is 125 cm³/mol. The molecule has 0 saturated carbocycles. The van der Waals surface area contributed by atoms with Crippen molar-refractivity contribution in [1.82, 2.24) is 15.1 Å². The van der Waals surface area contributed by atoms with Gasteiger partial charge in [-0.1, -0.05) is 35.4 Å². The van der Waals surface area contributed by atoms with Gasteiger partial charge < -0.3 is 10.6 Å².